The van der Waals surface area contributed by atoms with Gasteiger partial charge in [-0.2, -0.15) is 13.2 Å². The third-order valence-corrected chi connectivity index (χ3v) is 22.4. The Balaban J connectivity index is 1.21. The summed E-state index contributed by atoms with van der Waals surface area (Å²) in [5.41, 5.74) is -0.723. The highest BCUT2D eigenvalue weighted by molar-refractivity contribution is 6.31. The van der Waals surface area contributed by atoms with Crippen molar-refractivity contribution in [3.05, 3.63) is 34.3 Å². The van der Waals surface area contributed by atoms with E-state index in [4.69, 9.17) is 16.3 Å². The molecule has 0 spiro atoms. The summed E-state index contributed by atoms with van der Waals surface area (Å²) in [6.45, 7) is 8.13. The normalized spacial score (nSPS) is 28.3. The fraction of sp³-hybridized carbons (Fsp3) is 0.761. The summed E-state index contributed by atoms with van der Waals surface area (Å²) < 4.78 is 46.9. The smallest absolute Gasteiger partial charge is 0.379 e. The van der Waals surface area contributed by atoms with Gasteiger partial charge >= 0.3 is 6.18 Å². The Morgan fingerprint density at radius 3 is 1.85 bits per heavy atom. The summed E-state index contributed by atoms with van der Waals surface area (Å²) in [5, 5.41) is 20.4. The molecule has 0 radical (unpaired) electrons. The number of alkyl halides is 3. The number of hydrogen-bond donors (Lipinski definition) is 4. The molecular weight excluding hydrogens is 1320 g/mol. The van der Waals surface area contributed by atoms with E-state index in [0.717, 1.165) is 55.6 Å². The lowest BCUT2D eigenvalue weighted by molar-refractivity contribution is -0.161. The van der Waals surface area contributed by atoms with Crippen molar-refractivity contribution < 1.29 is 75.8 Å². The predicted octanol–water partition coefficient (Wildman–Crippen LogP) is 4.81. The largest absolute Gasteiger partial charge is 0.417 e. The zero-order chi connectivity index (χ0) is 73.4. The number of benzene rings is 1. The number of amides is 11. The maximum Gasteiger partial charge on any atom is 0.417 e. The molecule has 2 saturated carbocycles. The van der Waals surface area contributed by atoms with Crippen molar-refractivity contribution >= 4 is 76.6 Å². The Bertz CT molecular complexity index is 3040. The van der Waals surface area contributed by atoms with Crippen molar-refractivity contribution in [2.24, 2.45) is 17.8 Å². The fourth-order valence-corrected chi connectivity index (χ4v) is 15.6. The second-order valence-electron chi connectivity index (χ2n) is 28.7. The van der Waals surface area contributed by atoms with Gasteiger partial charge in [0.15, 0.2) is 0 Å². The highest BCUT2D eigenvalue weighted by Gasteiger charge is 2.49. The van der Waals surface area contributed by atoms with Gasteiger partial charge in [0.05, 0.1) is 42.8 Å². The molecule has 11 atom stereocenters. The topological polar surface area (TPSA) is 282 Å². The van der Waals surface area contributed by atoms with Crippen LogP contribution >= 0.6 is 11.6 Å². The molecule has 0 bridgehead atoms. The number of carbonyl (C=O) groups is 11. The van der Waals surface area contributed by atoms with E-state index in [1.165, 1.54) is 82.5 Å². The van der Waals surface area contributed by atoms with E-state index in [0.29, 0.717) is 70.0 Å². The van der Waals surface area contributed by atoms with E-state index >= 15 is 9.59 Å². The number of rotatable bonds is 13. The first-order valence-electron chi connectivity index (χ1n) is 36.3. The number of aryl methyl sites for hydroxylation is 1. The van der Waals surface area contributed by atoms with Crippen molar-refractivity contribution in [3.8, 4) is 0 Å². The van der Waals surface area contributed by atoms with Gasteiger partial charge in [-0.15, -0.1) is 0 Å². The van der Waals surface area contributed by atoms with Crippen LogP contribution in [0.4, 0.5) is 13.2 Å². The fourth-order valence-electron chi connectivity index (χ4n) is 15.3. The third-order valence-electron chi connectivity index (χ3n) is 22.1. The lowest BCUT2D eigenvalue weighted by Gasteiger charge is -2.45. The molecule has 1 aromatic carbocycles. The summed E-state index contributed by atoms with van der Waals surface area (Å²) in [7, 11) is 8.91. The molecule has 1 aromatic rings. The van der Waals surface area contributed by atoms with Crippen LogP contribution in [0.15, 0.2) is 18.2 Å². The SMILES string of the molecule is CCCCC[C@H]1C(=O)N[C@@H]([C@@H](C)CC)C(=O)N(C)[C@@H](C)C(=O)N2CC[C@H]2C(=O)N(C)[C@@H](C2CCCC2)C(=O)N(C)CC(=O)N[C@@H](CCc2ccc(C(F)(F)F)c(Cl)c2)C(=O)N2CCC[C@H]2C(=O)NCCCCC(=O)N(C)[C@@H](C2CCCC2)C(=O)N(C)[C@H](C(O)N2CCOCC2)CC(=O)N1C. The van der Waals surface area contributed by atoms with Gasteiger partial charge in [-0.3, -0.25) is 57.6 Å². The number of ether oxygens (including phenoxy) is 1. The van der Waals surface area contributed by atoms with Crippen LogP contribution in [-0.2, 0) is 70.1 Å². The van der Waals surface area contributed by atoms with Crippen LogP contribution in [0, 0.1) is 17.8 Å². The van der Waals surface area contributed by atoms with E-state index in [9.17, 15) is 61.4 Å². The van der Waals surface area contributed by atoms with Gasteiger partial charge < -0.3 is 65.0 Å². The zero-order valence-corrected chi connectivity index (χ0v) is 61.1. The highest BCUT2D eigenvalue weighted by atomic mass is 35.5. The van der Waals surface area contributed by atoms with Crippen LogP contribution < -0.4 is 16.0 Å². The first-order chi connectivity index (χ1) is 47.4. The Labute approximate surface area is 592 Å². The van der Waals surface area contributed by atoms with Gasteiger partial charge in [0, 0.05) is 81.4 Å². The van der Waals surface area contributed by atoms with Crippen molar-refractivity contribution in [2.45, 2.75) is 236 Å². The maximum absolute atomic E-state index is 15.3. The minimum Gasteiger partial charge on any atom is -0.379 e. The number of nitrogens with one attached hydrogen (secondary N) is 3. The number of aliphatic hydroxyl groups excluding tert-OH is 1. The second-order valence-corrected chi connectivity index (χ2v) is 29.1. The van der Waals surface area contributed by atoms with E-state index < -0.39 is 155 Å². The van der Waals surface area contributed by atoms with Gasteiger partial charge in [0.1, 0.15) is 54.6 Å². The molecular formula is C71H110ClF3N12O13. The van der Waals surface area contributed by atoms with Crippen LogP contribution in [-0.4, -0.2) is 270 Å². The van der Waals surface area contributed by atoms with Crippen molar-refractivity contribution in [2.75, 3.05) is 94.8 Å². The van der Waals surface area contributed by atoms with Crippen LogP contribution in [0.5, 0.6) is 0 Å². The molecule has 7 rings (SSSR count). The first-order valence-corrected chi connectivity index (χ1v) is 36.7. The van der Waals surface area contributed by atoms with E-state index in [-0.39, 0.29) is 95.5 Å². The van der Waals surface area contributed by atoms with Gasteiger partial charge in [-0.25, -0.2) is 0 Å². The number of unbranched alkanes of at least 4 members (excludes halogenated alkanes) is 2. The molecule has 2 aliphatic carbocycles. The summed E-state index contributed by atoms with van der Waals surface area (Å²) in [5.74, 6) is -7.24. The Kier molecular flexibility index (Phi) is 29.8. The Morgan fingerprint density at radius 1 is 0.630 bits per heavy atom. The zero-order valence-electron chi connectivity index (χ0n) is 60.3. The van der Waals surface area contributed by atoms with Gasteiger partial charge in [-0.1, -0.05) is 89.8 Å². The molecule has 6 aliphatic rings. The molecule has 4 heterocycles. The number of aliphatic hydroxyl groups is 1. The molecule has 1 unspecified atom stereocenters. The number of nitrogens with zero attached hydrogens (tertiary/aromatic N) is 9. The Morgan fingerprint density at radius 2 is 1.26 bits per heavy atom. The van der Waals surface area contributed by atoms with E-state index in [1.54, 1.807) is 18.9 Å². The van der Waals surface area contributed by atoms with Crippen LogP contribution in [0.3, 0.4) is 0 Å². The van der Waals surface area contributed by atoms with Gasteiger partial charge in [0.2, 0.25) is 65.0 Å². The molecule has 6 fully saturated rings. The Hall–Kier alpha value is -6.65. The predicted molar refractivity (Wildman–Crippen MR) is 367 cm³/mol. The monoisotopic (exact) mass is 1430 g/mol. The standard InChI is InChI=1S/C71H110ClF3N12O13/c1-11-13-14-26-52-63(92)78-59(44(3)12-2)68(97)80(6)45(4)64(93)87-36-33-54(87)66(95)84(10)60(47-22-15-16-23-47)69(98)79(5)43-56(88)77-51(32-30-46-29-31-49(50(72)41-46)71(73,74)75)65(94)86-35-21-27-53(86)62(91)76-34-20-19-28-57(89)83(9)61(48-24-17-18-25-48)70(99)82(8)55(42-58(90)81(52)7)67(96)85-37-39-100-40-38-85/h29,31,41,44-45,47-48,51-55,59-61,67,96H,11-28,30,32-40,42-43H2,1-10H3,(H,76,91)(H,77,88)(H,78,92)/t44-,45-,51-,52-,53-,54-,55-,59-,60-,61-,67?/m0/s1. The molecule has 100 heavy (non-hydrogen) atoms. The summed E-state index contributed by atoms with van der Waals surface area (Å²) in [6, 6.07) is -6.84. The van der Waals surface area contributed by atoms with Crippen LogP contribution in [0.2, 0.25) is 5.02 Å². The number of likely N-dealkylation sites (N-methyl/N-ethyl adjacent to an activating group) is 6. The van der Waals surface area contributed by atoms with Gasteiger partial charge in [0.25, 0.3) is 0 Å². The maximum atomic E-state index is 15.3. The summed E-state index contributed by atoms with van der Waals surface area (Å²) in [4.78, 5) is 174. The van der Waals surface area contributed by atoms with Crippen molar-refractivity contribution in [1.82, 2.24) is 60.0 Å². The molecule has 560 valence electrons. The molecule has 29 heteroatoms. The first kappa shape index (κ1) is 80.7. The lowest BCUT2D eigenvalue weighted by atomic mass is 9.93. The highest BCUT2D eigenvalue weighted by Crippen LogP contribution is 2.37. The molecule has 11 amide bonds. The second kappa shape index (κ2) is 37.0. The van der Waals surface area contributed by atoms with Crippen molar-refractivity contribution in [3.63, 3.8) is 0 Å². The molecule has 0 aromatic heterocycles. The minimum atomic E-state index is -4.73. The average molecular weight is 1430 g/mol. The molecule has 4 N–H and O–H groups in total. The van der Waals surface area contributed by atoms with Crippen LogP contribution in [0.1, 0.15) is 174 Å². The quantitative estimate of drug-likeness (QED) is 0.193. The van der Waals surface area contributed by atoms with Crippen molar-refractivity contribution in [1.29, 1.82) is 0 Å². The number of carbonyl (C=O) groups excluding carboxylic acids is 11. The number of halogens is 4. The number of hydrogen-bond acceptors (Lipinski definition) is 14. The van der Waals surface area contributed by atoms with E-state index in [1.807, 2.05) is 13.8 Å². The lowest BCUT2D eigenvalue weighted by Crippen LogP contribution is -2.65. The molecule has 4 aliphatic heterocycles. The summed E-state index contributed by atoms with van der Waals surface area (Å²) in [6.07, 6.45) is 3.09. The summed E-state index contributed by atoms with van der Waals surface area (Å²) >= 11 is 6.11. The third kappa shape index (κ3) is 19.9. The minimum absolute atomic E-state index is 0.0103. The molecule has 25 nitrogen and oxygen atoms in total. The average Bonchev–Trinajstić information content (AvgIpc) is 0.831. The number of fused-ring (bicyclic) bond motifs is 2. The van der Waals surface area contributed by atoms with Crippen LogP contribution in [0.25, 0.3) is 0 Å². The number of morpholine rings is 1. The molecule has 4 saturated heterocycles. The van der Waals surface area contributed by atoms with Gasteiger partial charge in [-0.05, 0) is 119 Å². The van der Waals surface area contributed by atoms with E-state index in [2.05, 4.69) is 16.0 Å².